The highest BCUT2D eigenvalue weighted by atomic mass is 15.2. The van der Waals surface area contributed by atoms with E-state index in [9.17, 15) is 0 Å². The molecule has 0 fully saturated rings. The van der Waals surface area contributed by atoms with Gasteiger partial charge in [0.1, 0.15) is 0 Å². The van der Waals surface area contributed by atoms with Gasteiger partial charge in [-0.2, -0.15) is 0 Å². The van der Waals surface area contributed by atoms with Crippen molar-refractivity contribution < 1.29 is 0 Å². The standard InChI is InChI=1S/C7H17N6/c1-3-5(12-6(8)9)4-13(2)7(10)11/h3-4H2,1-2H3,(H3,10,11)(H4,8,9,12). The number of nitrogens with one attached hydrogen (secondary N) is 3. The molecule has 13 heavy (non-hydrogen) atoms. The summed E-state index contributed by atoms with van der Waals surface area (Å²) in [6, 6.07) is 0.866. The van der Waals surface area contributed by atoms with E-state index in [2.05, 4.69) is 5.32 Å². The Balaban J connectivity index is 3.97. The summed E-state index contributed by atoms with van der Waals surface area (Å²) in [5, 5.41) is 16.9. The Kier molecular flexibility index (Phi) is 4.64. The van der Waals surface area contributed by atoms with Gasteiger partial charge in [0.05, 0.1) is 6.04 Å². The van der Waals surface area contributed by atoms with Crippen LogP contribution in [0.15, 0.2) is 0 Å². The highest BCUT2D eigenvalue weighted by Gasteiger charge is 2.11. The lowest BCUT2D eigenvalue weighted by Gasteiger charge is -2.23. The average Bonchev–Trinajstić information content (AvgIpc) is 2.02. The number of likely N-dealkylation sites (N-methyl/N-ethyl adjacent to an activating group) is 1. The van der Waals surface area contributed by atoms with E-state index in [1.807, 2.05) is 6.92 Å². The van der Waals surface area contributed by atoms with E-state index in [1.54, 1.807) is 11.9 Å². The van der Waals surface area contributed by atoms with E-state index in [1.165, 1.54) is 0 Å². The average molecular weight is 185 g/mol. The first-order valence-corrected chi connectivity index (χ1v) is 3.98. The van der Waals surface area contributed by atoms with Crippen LogP contribution in [0, 0.1) is 16.9 Å². The Morgan fingerprint density at radius 1 is 1.38 bits per heavy atom. The molecule has 0 spiro atoms. The van der Waals surface area contributed by atoms with Crippen LogP contribution in [0.4, 0.5) is 0 Å². The first-order valence-electron chi connectivity index (χ1n) is 3.98. The van der Waals surface area contributed by atoms with Gasteiger partial charge in [-0.25, -0.2) is 0 Å². The van der Waals surface area contributed by atoms with Crippen LogP contribution < -0.4 is 16.8 Å². The number of nitrogens with two attached hydrogens (primary N) is 2. The second-order valence-electron chi connectivity index (χ2n) is 2.74. The predicted octanol–water partition coefficient (Wildman–Crippen LogP) is -0.763. The summed E-state index contributed by atoms with van der Waals surface area (Å²) in [7, 11) is 1.71. The van der Waals surface area contributed by atoms with Crippen LogP contribution in [0.3, 0.4) is 0 Å². The molecule has 7 N–H and O–H groups in total. The largest absolute Gasteiger partial charge is 0.370 e. The maximum Gasteiger partial charge on any atom is 0.188 e. The van der Waals surface area contributed by atoms with Gasteiger partial charge in [-0.1, -0.05) is 6.92 Å². The van der Waals surface area contributed by atoms with E-state index in [0.717, 1.165) is 12.5 Å². The summed E-state index contributed by atoms with van der Waals surface area (Å²) in [6.45, 7) is 2.44. The monoisotopic (exact) mass is 185 g/mol. The van der Waals surface area contributed by atoms with Gasteiger partial charge in [0.2, 0.25) is 0 Å². The van der Waals surface area contributed by atoms with Gasteiger partial charge in [0, 0.05) is 13.6 Å². The van der Waals surface area contributed by atoms with Crippen LogP contribution in [0.2, 0.25) is 0 Å². The fourth-order valence-corrected chi connectivity index (χ4v) is 0.802. The molecule has 0 saturated heterocycles. The molecule has 6 nitrogen and oxygen atoms in total. The zero-order valence-corrected chi connectivity index (χ0v) is 8.02. The summed E-state index contributed by atoms with van der Waals surface area (Å²) in [5.41, 5.74) is 10.4. The molecule has 75 valence electrons. The topological polar surface area (TPSA) is 115 Å². The zero-order chi connectivity index (χ0) is 10.4. The van der Waals surface area contributed by atoms with Gasteiger partial charge in [0.25, 0.3) is 0 Å². The van der Waals surface area contributed by atoms with E-state index < -0.39 is 0 Å². The summed E-state index contributed by atoms with van der Waals surface area (Å²) < 4.78 is 0. The summed E-state index contributed by atoms with van der Waals surface area (Å²) in [5.74, 6) is -0.0925. The van der Waals surface area contributed by atoms with E-state index in [4.69, 9.17) is 22.3 Å². The van der Waals surface area contributed by atoms with E-state index in [-0.39, 0.29) is 11.9 Å². The van der Waals surface area contributed by atoms with Crippen molar-refractivity contribution >= 4 is 11.9 Å². The fourth-order valence-electron chi connectivity index (χ4n) is 0.802. The third kappa shape index (κ3) is 4.89. The van der Waals surface area contributed by atoms with Crippen molar-refractivity contribution in [3.63, 3.8) is 0 Å². The smallest absolute Gasteiger partial charge is 0.188 e. The van der Waals surface area contributed by atoms with Crippen molar-refractivity contribution in [2.24, 2.45) is 11.5 Å². The molecule has 0 aliphatic carbocycles. The van der Waals surface area contributed by atoms with Gasteiger partial charge < -0.3 is 21.7 Å². The van der Waals surface area contributed by atoms with Gasteiger partial charge in [-0.15, -0.1) is 0 Å². The molecule has 0 aromatic heterocycles. The van der Waals surface area contributed by atoms with Gasteiger partial charge in [-0.05, 0) is 6.42 Å². The van der Waals surface area contributed by atoms with Crippen molar-refractivity contribution in [3.05, 3.63) is 6.04 Å². The summed E-state index contributed by atoms with van der Waals surface area (Å²) >= 11 is 0. The third-order valence-corrected chi connectivity index (χ3v) is 1.58. The van der Waals surface area contributed by atoms with E-state index >= 15 is 0 Å². The molecule has 0 amide bonds. The highest BCUT2D eigenvalue weighted by Crippen LogP contribution is 2.01. The number of rotatable bonds is 4. The number of nitrogens with zero attached hydrogens (tertiary/aromatic N) is 1. The van der Waals surface area contributed by atoms with Crippen LogP contribution >= 0.6 is 0 Å². The molecule has 0 rings (SSSR count). The van der Waals surface area contributed by atoms with Gasteiger partial charge in [-0.3, -0.25) is 10.8 Å². The molecule has 0 aromatic rings. The lowest BCUT2D eigenvalue weighted by molar-refractivity contribution is 0.480. The summed E-state index contributed by atoms with van der Waals surface area (Å²) in [4.78, 5) is 1.56. The third-order valence-electron chi connectivity index (χ3n) is 1.58. The maximum absolute atomic E-state index is 7.13. The molecule has 0 aromatic carbocycles. The predicted molar refractivity (Wildman–Crippen MR) is 53.1 cm³/mol. The minimum atomic E-state index is -0.0891. The van der Waals surface area contributed by atoms with E-state index in [0.29, 0.717) is 6.54 Å². The van der Waals surface area contributed by atoms with Crippen LogP contribution in [0.5, 0.6) is 0 Å². The normalized spacial score (nSPS) is 9.77. The molecule has 0 bridgehead atoms. The molecule has 6 heteroatoms. The highest BCUT2D eigenvalue weighted by molar-refractivity contribution is 5.76. The minimum Gasteiger partial charge on any atom is -0.370 e. The molecule has 0 atom stereocenters. The zero-order valence-electron chi connectivity index (χ0n) is 8.02. The van der Waals surface area contributed by atoms with Gasteiger partial charge in [0.15, 0.2) is 11.9 Å². The summed E-state index contributed by atoms with van der Waals surface area (Å²) in [6.07, 6.45) is 0.747. The Morgan fingerprint density at radius 3 is 2.23 bits per heavy atom. The molecule has 0 saturated carbocycles. The fraction of sp³-hybridized carbons (Fsp3) is 0.571. The lowest BCUT2D eigenvalue weighted by atomic mass is 10.2. The second-order valence-corrected chi connectivity index (χ2v) is 2.74. The molecule has 1 radical (unpaired) electrons. The van der Waals surface area contributed by atoms with Crippen LogP contribution in [0.1, 0.15) is 13.3 Å². The first-order chi connectivity index (χ1) is 5.97. The van der Waals surface area contributed by atoms with Crippen molar-refractivity contribution in [3.8, 4) is 0 Å². The number of hydrogen-bond donors (Lipinski definition) is 5. The molecular formula is C7H17N6. The van der Waals surface area contributed by atoms with Crippen LogP contribution in [-0.2, 0) is 0 Å². The molecular weight excluding hydrogens is 168 g/mol. The van der Waals surface area contributed by atoms with Crippen LogP contribution in [0.25, 0.3) is 0 Å². The van der Waals surface area contributed by atoms with Crippen molar-refractivity contribution in [2.75, 3.05) is 13.6 Å². The SMILES string of the molecule is CC[C](CN(C)C(=N)N)NC(=N)N. The van der Waals surface area contributed by atoms with Gasteiger partial charge >= 0.3 is 0 Å². The Labute approximate surface area is 78.3 Å². The second kappa shape index (κ2) is 5.23. The Morgan fingerprint density at radius 2 is 1.92 bits per heavy atom. The Hall–Kier alpha value is -1.46. The number of hydrogen-bond acceptors (Lipinski definition) is 2. The molecule has 0 aliphatic heterocycles. The minimum absolute atomic E-state index is 0.00342. The van der Waals surface area contributed by atoms with Crippen molar-refractivity contribution in [1.29, 1.82) is 10.8 Å². The van der Waals surface area contributed by atoms with Crippen molar-refractivity contribution in [1.82, 2.24) is 10.2 Å². The van der Waals surface area contributed by atoms with Crippen molar-refractivity contribution in [2.45, 2.75) is 13.3 Å². The van der Waals surface area contributed by atoms with Crippen LogP contribution in [-0.4, -0.2) is 30.4 Å². The lowest BCUT2D eigenvalue weighted by Crippen LogP contribution is -2.43. The molecule has 0 heterocycles. The maximum atomic E-state index is 7.13. The number of guanidine groups is 2. The molecule has 0 aliphatic rings. The Bertz CT molecular complexity index is 189. The quantitative estimate of drug-likeness (QED) is 0.292. The molecule has 0 unspecified atom stereocenters. The first kappa shape index (κ1) is 11.5.